The first-order valence-electron chi connectivity index (χ1n) is 2.21. The molecule has 0 unspecified atom stereocenters. The molecule has 0 aliphatic heterocycles. The van der Waals surface area contributed by atoms with E-state index in [0.717, 1.165) is 0 Å². The van der Waals surface area contributed by atoms with Crippen molar-refractivity contribution < 1.29 is 10.1 Å². The summed E-state index contributed by atoms with van der Waals surface area (Å²) < 4.78 is 0. The molecule has 0 bridgehead atoms. The molecule has 0 aliphatic rings. The lowest BCUT2D eigenvalue weighted by molar-refractivity contribution is -0.490. The van der Waals surface area contributed by atoms with Crippen LogP contribution in [0, 0.1) is 7.05 Å². The molecule has 0 spiro atoms. The molecule has 7 heavy (non-hydrogen) atoms. The predicted molar refractivity (Wildman–Crippen MR) is 26.4 cm³/mol. The van der Waals surface area contributed by atoms with Gasteiger partial charge in [0, 0.05) is 6.54 Å². The Balaban J connectivity index is 3.00. The van der Waals surface area contributed by atoms with Crippen LogP contribution in [0.3, 0.4) is 0 Å². The van der Waals surface area contributed by atoms with E-state index < -0.39 is 0 Å². The van der Waals surface area contributed by atoms with Crippen molar-refractivity contribution in [3.05, 3.63) is 7.05 Å². The van der Waals surface area contributed by atoms with Crippen molar-refractivity contribution in [2.45, 2.75) is 6.92 Å². The highest BCUT2D eigenvalue weighted by atomic mass is 16.2. The fourth-order valence-corrected chi connectivity index (χ4v) is 0.246. The van der Waals surface area contributed by atoms with E-state index in [9.17, 15) is 4.79 Å². The Bertz CT molecular complexity index is 62.7. The lowest BCUT2D eigenvalue weighted by Gasteiger charge is -1.95. The van der Waals surface area contributed by atoms with E-state index >= 15 is 0 Å². The molecule has 0 heterocycles. The van der Waals surface area contributed by atoms with Gasteiger partial charge in [0.15, 0.2) is 0 Å². The Morgan fingerprint density at radius 3 is 2.71 bits per heavy atom. The fraction of sp³-hybridized carbons (Fsp3) is 0.500. The van der Waals surface area contributed by atoms with Gasteiger partial charge in [0.1, 0.15) is 0 Å². The van der Waals surface area contributed by atoms with Crippen molar-refractivity contribution in [1.82, 2.24) is 5.32 Å². The topological polar surface area (TPSA) is 45.7 Å². The Kier molecular flexibility index (Phi) is 3.32. The summed E-state index contributed by atoms with van der Waals surface area (Å²) in [6, 6.07) is -0.109. The first kappa shape index (κ1) is 6.43. The van der Waals surface area contributed by atoms with Gasteiger partial charge in [-0.25, -0.2) is 4.79 Å². The largest absolute Gasteiger partial charge is 0.395 e. The number of rotatable bonds is 1. The normalized spacial score (nSPS) is 8.29. The zero-order valence-electron chi connectivity index (χ0n) is 4.40. The average molecular weight is 102 g/mol. The van der Waals surface area contributed by atoms with Crippen molar-refractivity contribution in [2.75, 3.05) is 6.54 Å². The van der Waals surface area contributed by atoms with Gasteiger partial charge in [0.05, 0.1) is 0 Å². The van der Waals surface area contributed by atoms with Crippen LogP contribution in [0.4, 0.5) is 4.79 Å². The van der Waals surface area contributed by atoms with Gasteiger partial charge < -0.3 is 10.6 Å². The van der Waals surface area contributed by atoms with Gasteiger partial charge in [0.25, 0.3) is 0 Å². The van der Waals surface area contributed by atoms with Crippen LogP contribution in [-0.2, 0) is 0 Å². The molecule has 0 saturated carbocycles. The van der Waals surface area contributed by atoms with Gasteiger partial charge in [-0.05, 0) is 6.92 Å². The molecule has 0 aromatic heterocycles. The van der Waals surface area contributed by atoms with Gasteiger partial charge in [-0.3, -0.25) is 0 Å². The van der Waals surface area contributed by atoms with Crippen LogP contribution in [0.15, 0.2) is 0 Å². The maximum Gasteiger partial charge on any atom is 0.386 e. The number of nitrogens with one attached hydrogen (secondary N) is 1. The van der Waals surface area contributed by atoms with Gasteiger partial charge in [-0.2, -0.15) is 0 Å². The third-order valence-electron chi connectivity index (χ3n) is 0.536. The van der Waals surface area contributed by atoms with Crippen LogP contribution < -0.4 is 10.6 Å². The molecule has 0 atom stereocenters. The lowest BCUT2D eigenvalue weighted by atomic mass is 10.7. The van der Waals surface area contributed by atoms with Crippen LogP contribution >= 0.6 is 0 Å². The Labute approximate surface area is 43.1 Å². The summed E-state index contributed by atoms with van der Waals surface area (Å²) in [6.07, 6.45) is 0. The van der Waals surface area contributed by atoms with Crippen LogP contribution in [0.1, 0.15) is 6.92 Å². The summed E-state index contributed by atoms with van der Waals surface area (Å²) in [4.78, 5) is 10.2. The van der Waals surface area contributed by atoms with Crippen LogP contribution in [0.25, 0.3) is 0 Å². The van der Waals surface area contributed by atoms with Gasteiger partial charge >= 0.3 is 6.03 Å². The van der Waals surface area contributed by atoms with E-state index in [1.54, 1.807) is 0 Å². The molecule has 0 saturated heterocycles. The van der Waals surface area contributed by atoms with Crippen LogP contribution in [0.2, 0.25) is 0 Å². The minimum Gasteiger partial charge on any atom is -0.395 e. The summed E-state index contributed by atoms with van der Waals surface area (Å²) in [5.41, 5.74) is 0. The molecule has 0 aromatic rings. The fourth-order valence-electron chi connectivity index (χ4n) is 0.246. The number of nitrogens with two attached hydrogens (primary N) is 1. The van der Waals surface area contributed by atoms with Crippen molar-refractivity contribution in [3.63, 3.8) is 0 Å². The predicted octanol–water partition coefficient (Wildman–Crippen LogP) is -0.929. The molecule has 0 radical (unpaired) electrons. The molecule has 2 amide bonds. The summed E-state index contributed by atoms with van der Waals surface area (Å²) in [5.74, 6) is 0. The monoisotopic (exact) mass is 102 g/mol. The molecular formula is C4H10N2O. The lowest BCUT2D eigenvalue weighted by Crippen LogP contribution is -2.84. The molecule has 0 rings (SSSR count). The highest BCUT2D eigenvalue weighted by molar-refractivity contribution is 5.62. The summed E-state index contributed by atoms with van der Waals surface area (Å²) >= 11 is 0. The molecular weight excluding hydrogens is 92.1 g/mol. The standard InChI is InChI=1S/C4H10N2O/c1-3-6-4(7)5-2/h2-3,5H2,1H3,(H,6,7). The van der Waals surface area contributed by atoms with Gasteiger partial charge in [0.2, 0.25) is 0 Å². The second-order valence-electron chi connectivity index (χ2n) is 1.10. The second kappa shape index (κ2) is 3.61. The van der Waals surface area contributed by atoms with Crippen LogP contribution in [0.5, 0.6) is 0 Å². The maximum absolute atomic E-state index is 10.2. The third kappa shape index (κ3) is 3.26. The van der Waals surface area contributed by atoms with Crippen molar-refractivity contribution in [2.24, 2.45) is 0 Å². The zero-order chi connectivity index (χ0) is 5.70. The van der Waals surface area contributed by atoms with E-state index in [1.807, 2.05) is 6.92 Å². The number of carbonyl (C=O) groups excluding carboxylic acids is 1. The second-order valence-corrected chi connectivity index (χ2v) is 1.10. The molecule has 0 aliphatic carbocycles. The van der Waals surface area contributed by atoms with E-state index in [1.165, 1.54) is 5.32 Å². The van der Waals surface area contributed by atoms with E-state index in [4.69, 9.17) is 0 Å². The summed E-state index contributed by atoms with van der Waals surface area (Å²) in [7, 11) is 3.27. The number of primary amides is 1. The number of amides is 2. The number of urea groups is 1. The van der Waals surface area contributed by atoms with E-state index in [2.05, 4.69) is 12.4 Å². The first-order chi connectivity index (χ1) is 3.31. The number of carbonyl (C=O) groups is 1. The quantitative estimate of drug-likeness (QED) is 0.413. The number of hydrogen-bond donors (Lipinski definition) is 2. The number of quaternary nitrogens is 1. The SMILES string of the molecule is [CH2-][NH2+]C(=O)NCC. The molecule has 3 N–H and O–H groups in total. The highest BCUT2D eigenvalue weighted by Gasteiger charge is 1.88. The van der Waals surface area contributed by atoms with E-state index in [-0.39, 0.29) is 6.03 Å². The van der Waals surface area contributed by atoms with E-state index in [0.29, 0.717) is 6.54 Å². The summed E-state index contributed by atoms with van der Waals surface area (Å²) in [6.45, 7) is 2.53. The van der Waals surface area contributed by atoms with Crippen LogP contribution in [-0.4, -0.2) is 12.6 Å². The minimum absolute atomic E-state index is 0.109. The average Bonchev–Trinajstić information content (AvgIpc) is 1.68. The maximum atomic E-state index is 10.2. The molecule has 3 nitrogen and oxygen atoms in total. The number of hydrogen-bond acceptors (Lipinski definition) is 1. The third-order valence-corrected chi connectivity index (χ3v) is 0.536. The van der Waals surface area contributed by atoms with Crippen molar-refractivity contribution in [3.8, 4) is 0 Å². The van der Waals surface area contributed by atoms with Gasteiger partial charge in [-0.1, -0.05) is 0 Å². The minimum atomic E-state index is -0.109. The Morgan fingerprint density at radius 2 is 2.57 bits per heavy atom. The molecule has 0 fully saturated rings. The van der Waals surface area contributed by atoms with Crippen molar-refractivity contribution >= 4 is 6.03 Å². The first-order valence-corrected chi connectivity index (χ1v) is 2.21. The smallest absolute Gasteiger partial charge is 0.386 e. The molecule has 0 aromatic carbocycles. The summed E-state index contributed by atoms with van der Waals surface area (Å²) in [5, 5.41) is 3.79. The van der Waals surface area contributed by atoms with Gasteiger partial charge in [-0.15, -0.1) is 7.05 Å². The Morgan fingerprint density at radius 1 is 2.00 bits per heavy atom. The zero-order valence-corrected chi connectivity index (χ0v) is 4.40. The Hall–Kier alpha value is -0.570. The molecule has 3 heteroatoms. The van der Waals surface area contributed by atoms with Crippen molar-refractivity contribution in [1.29, 1.82) is 0 Å². The molecule has 42 valence electrons. The highest BCUT2D eigenvalue weighted by Crippen LogP contribution is 1.48.